The first-order valence-electron chi connectivity index (χ1n) is 19.3. The zero-order valence-corrected chi connectivity index (χ0v) is 34.0. The zero-order chi connectivity index (χ0) is 41.2. The monoisotopic (exact) mass is 800 g/mol. The second-order valence-electron chi connectivity index (χ2n) is 15.4. The maximum atomic E-state index is 13.4. The fourth-order valence-electron chi connectivity index (χ4n) is 6.76. The molecule has 0 fully saturated rings. The van der Waals surface area contributed by atoms with E-state index in [4.69, 9.17) is 11.6 Å². The Balaban J connectivity index is 0.000000179. The Morgan fingerprint density at radius 3 is 1.83 bits per heavy atom. The number of fused-ring (bicyclic) bond motifs is 1. The molecule has 11 heteroatoms. The lowest BCUT2D eigenvalue weighted by molar-refractivity contribution is -0.119. The van der Waals surface area contributed by atoms with E-state index in [1.54, 1.807) is 48.5 Å². The molecular weight excluding hydrogens is 756 g/mol. The molecule has 4 aromatic heterocycles. The molecule has 0 saturated carbocycles. The van der Waals surface area contributed by atoms with Gasteiger partial charge in [-0.3, -0.25) is 19.6 Å². The average Bonchev–Trinajstić information content (AvgIpc) is 3.99. The van der Waals surface area contributed by atoms with Crippen LogP contribution in [0.15, 0.2) is 159 Å². The highest BCUT2D eigenvalue weighted by Crippen LogP contribution is 2.28. The molecule has 8 aromatic rings. The van der Waals surface area contributed by atoms with Crippen LogP contribution in [0.3, 0.4) is 0 Å². The summed E-state index contributed by atoms with van der Waals surface area (Å²) in [6, 6.07) is 35.3. The highest BCUT2D eigenvalue weighted by atomic mass is 35.5. The predicted octanol–water partition coefficient (Wildman–Crippen LogP) is 10.1. The summed E-state index contributed by atoms with van der Waals surface area (Å²) in [6.07, 6.45) is 14.5. The van der Waals surface area contributed by atoms with Crippen molar-refractivity contribution in [3.63, 3.8) is 0 Å². The lowest BCUT2D eigenvalue weighted by Gasteiger charge is -2.30. The summed E-state index contributed by atoms with van der Waals surface area (Å²) in [6.45, 7) is 7.50. The van der Waals surface area contributed by atoms with Crippen LogP contribution < -0.4 is 9.80 Å². The number of hydrogen-bond donors (Lipinski definition) is 2. The Labute approximate surface area is 349 Å². The van der Waals surface area contributed by atoms with Gasteiger partial charge in [0.2, 0.25) is 11.8 Å². The van der Waals surface area contributed by atoms with Crippen molar-refractivity contribution in [1.82, 2.24) is 29.9 Å². The van der Waals surface area contributed by atoms with Crippen LogP contribution in [0.2, 0.25) is 5.02 Å². The number of aromatic nitrogens is 6. The number of nitrogens with one attached hydrogen (secondary N) is 2. The molecule has 0 radical (unpaired) electrons. The van der Waals surface area contributed by atoms with Crippen LogP contribution in [-0.2, 0) is 29.0 Å². The molecule has 296 valence electrons. The number of benzene rings is 4. The molecule has 0 aliphatic carbocycles. The second-order valence-corrected chi connectivity index (χ2v) is 15.8. The summed E-state index contributed by atoms with van der Waals surface area (Å²) in [5, 5.41) is 2.77. The summed E-state index contributed by atoms with van der Waals surface area (Å²) in [4.78, 5) is 53.0. The molecule has 2 amide bonds. The van der Waals surface area contributed by atoms with E-state index in [-0.39, 0.29) is 23.7 Å². The quantitative estimate of drug-likeness (QED) is 0.134. The van der Waals surface area contributed by atoms with Crippen molar-refractivity contribution in [3.8, 4) is 22.5 Å². The van der Waals surface area contributed by atoms with Gasteiger partial charge in [-0.2, -0.15) is 0 Å². The van der Waals surface area contributed by atoms with E-state index in [0.29, 0.717) is 24.5 Å². The first-order chi connectivity index (χ1) is 28.6. The first kappa shape index (κ1) is 40.3. The van der Waals surface area contributed by atoms with Gasteiger partial charge in [0.1, 0.15) is 0 Å². The lowest BCUT2D eigenvalue weighted by atomic mass is 9.95. The number of pyridine rings is 2. The highest BCUT2D eigenvalue weighted by molar-refractivity contribution is 6.30. The summed E-state index contributed by atoms with van der Waals surface area (Å²) in [7, 11) is 0. The molecule has 0 aliphatic heterocycles. The molecule has 10 nitrogen and oxygen atoms in total. The number of H-pyrrole nitrogens is 2. The van der Waals surface area contributed by atoms with Gasteiger partial charge >= 0.3 is 0 Å². The number of carbonyl (C=O) groups excluding carboxylic acids is 2. The van der Waals surface area contributed by atoms with Crippen LogP contribution in [-0.4, -0.2) is 48.3 Å². The number of halogens is 1. The van der Waals surface area contributed by atoms with Gasteiger partial charge in [-0.05, 0) is 81.1 Å². The predicted molar refractivity (Wildman–Crippen MR) is 236 cm³/mol. The Kier molecular flexibility index (Phi) is 12.7. The van der Waals surface area contributed by atoms with Crippen molar-refractivity contribution >= 4 is 45.6 Å². The number of imidazole rings is 2. The van der Waals surface area contributed by atoms with Crippen molar-refractivity contribution < 1.29 is 9.59 Å². The van der Waals surface area contributed by atoms with E-state index in [9.17, 15) is 9.59 Å². The van der Waals surface area contributed by atoms with E-state index < -0.39 is 0 Å². The average molecular weight is 801 g/mol. The van der Waals surface area contributed by atoms with Crippen LogP contribution in [0, 0.1) is 5.41 Å². The molecule has 0 atom stereocenters. The number of rotatable bonds is 11. The third kappa shape index (κ3) is 10.7. The zero-order valence-electron chi connectivity index (χ0n) is 33.2. The summed E-state index contributed by atoms with van der Waals surface area (Å²) in [5.74, 6) is 0.0598. The molecule has 0 aliphatic rings. The van der Waals surface area contributed by atoms with E-state index >= 15 is 0 Å². The Morgan fingerprint density at radius 1 is 0.610 bits per heavy atom. The summed E-state index contributed by atoms with van der Waals surface area (Å²) >= 11 is 6.14. The van der Waals surface area contributed by atoms with Crippen LogP contribution in [0.4, 0.5) is 11.4 Å². The SMILES string of the molecule is CC(C)(C)CN(C(=O)Cc1cncc2ccccc12)c1ccc(-c2cnc[nH]2)cc1.O=C(Cc1cccnc1)N(Cc1cccc(Cl)c1)c1ccc(-c2cnc[nH]2)cc1. The number of nitrogens with zero attached hydrogens (tertiary/aromatic N) is 6. The fourth-order valence-corrected chi connectivity index (χ4v) is 6.97. The largest absolute Gasteiger partial charge is 0.345 e. The standard InChI is InChI=1S/C25H26N4O.C23H19ClN4O/c1-25(2,3)16-29(21-10-8-18(9-11-21)23-15-27-17-28-23)24(30)12-20-14-26-13-19-6-4-5-7-22(19)20;24-20-5-1-3-18(11-20)15-28(23(29)12-17-4-2-10-25-13-17)21-8-6-19(7-9-21)22-14-26-16-27-22/h4-11,13-15,17H,12,16H2,1-3H3,(H,27,28);1-11,13-14,16H,12,15H2,(H,26,27). The molecule has 59 heavy (non-hydrogen) atoms. The number of amides is 2. The van der Waals surface area contributed by atoms with Gasteiger partial charge in [-0.1, -0.05) is 99.1 Å². The minimum atomic E-state index is -0.0330. The molecule has 4 aromatic carbocycles. The summed E-state index contributed by atoms with van der Waals surface area (Å²) in [5.41, 5.74) is 8.41. The van der Waals surface area contributed by atoms with Crippen molar-refractivity contribution in [2.24, 2.45) is 5.41 Å². The van der Waals surface area contributed by atoms with Gasteiger partial charge in [-0.25, -0.2) is 9.97 Å². The first-order valence-corrected chi connectivity index (χ1v) is 19.7. The number of anilines is 2. The molecule has 4 heterocycles. The molecule has 2 N–H and O–H groups in total. The summed E-state index contributed by atoms with van der Waals surface area (Å²) < 4.78 is 0. The van der Waals surface area contributed by atoms with E-state index in [1.807, 2.05) is 120 Å². The van der Waals surface area contributed by atoms with Crippen molar-refractivity contribution in [1.29, 1.82) is 0 Å². The van der Waals surface area contributed by atoms with Crippen LogP contribution in [0.5, 0.6) is 0 Å². The molecule has 0 spiro atoms. The maximum absolute atomic E-state index is 13.4. The van der Waals surface area contributed by atoms with Crippen LogP contribution >= 0.6 is 11.6 Å². The van der Waals surface area contributed by atoms with Crippen molar-refractivity contribution in [3.05, 3.63) is 181 Å². The second kappa shape index (κ2) is 18.6. The Bertz CT molecular complexity index is 2580. The number of hydrogen-bond acceptors (Lipinski definition) is 6. The van der Waals surface area contributed by atoms with Crippen LogP contribution in [0.25, 0.3) is 33.3 Å². The fraction of sp³-hybridized carbons (Fsp3) is 0.167. The van der Waals surface area contributed by atoms with Gasteiger partial charge < -0.3 is 19.8 Å². The van der Waals surface area contributed by atoms with Crippen molar-refractivity contribution in [2.45, 2.75) is 40.2 Å². The third-order valence-corrected chi connectivity index (χ3v) is 9.85. The Hall–Kier alpha value is -6.91. The maximum Gasteiger partial charge on any atom is 0.231 e. The third-order valence-electron chi connectivity index (χ3n) is 9.61. The highest BCUT2D eigenvalue weighted by Gasteiger charge is 2.24. The van der Waals surface area contributed by atoms with Crippen LogP contribution in [0.1, 0.15) is 37.5 Å². The van der Waals surface area contributed by atoms with Gasteiger partial charge in [0.25, 0.3) is 0 Å². The van der Waals surface area contributed by atoms with Gasteiger partial charge in [0.15, 0.2) is 0 Å². The van der Waals surface area contributed by atoms with E-state index in [1.165, 1.54) is 0 Å². The van der Waals surface area contributed by atoms with E-state index in [0.717, 1.165) is 61.4 Å². The Morgan fingerprint density at radius 2 is 1.24 bits per heavy atom. The van der Waals surface area contributed by atoms with Crippen molar-refractivity contribution in [2.75, 3.05) is 16.3 Å². The number of aromatic amines is 2. The molecule has 0 saturated heterocycles. The van der Waals surface area contributed by atoms with Gasteiger partial charge in [0, 0.05) is 53.1 Å². The van der Waals surface area contributed by atoms with Gasteiger partial charge in [-0.15, -0.1) is 0 Å². The molecule has 0 bridgehead atoms. The van der Waals surface area contributed by atoms with Gasteiger partial charge in [0.05, 0.1) is 55.8 Å². The normalized spacial score (nSPS) is 11.1. The number of carbonyl (C=O) groups is 2. The van der Waals surface area contributed by atoms with E-state index in [2.05, 4.69) is 50.7 Å². The molecule has 0 unspecified atom stereocenters. The molecule has 8 rings (SSSR count). The lowest BCUT2D eigenvalue weighted by Crippen LogP contribution is -2.38. The topological polar surface area (TPSA) is 124 Å². The minimum absolute atomic E-state index is 0.00716. The smallest absolute Gasteiger partial charge is 0.231 e. The minimum Gasteiger partial charge on any atom is -0.345 e. The molecular formula is C48H45ClN8O2.